The lowest BCUT2D eigenvalue weighted by molar-refractivity contribution is -0.696. The summed E-state index contributed by atoms with van der Waals surface area (Å²) in [5.41, 5.74) is 0. The van der Waals surface area contributed by atoms with Gasteiger partial charge in [0.15, 0.2) is 10.1 Å². The van der Waals surface area contributed by atoms with Crippen LogP contribution in [0.3, 0.4) is 0 Å². The first-order chi connectivity index (χ1) is 17.4. The molecule has 0 aliphatic carbocycles. The lowest BCUT2D eigenvalue weighted by Gasteiger charge is -2.34. The SMILES string of the molecule is CCCCCCCCCCCC[n+]1ccn(CCCC)c1.O=S(=O)([O-])C(F)(F)C(F)(F)C(F)(F)C(F)(F)F. The van der Waals surface area contributed by atoms with Gasteiger partial charge in [-0.3, -0.25) is 0 Å². The number of imidazole rings is 1. The van der Waals surface area contributed by atoms with Crippen LogP contribution in [0.15, 0.2) is 18.7 Å². The highest BCUT2D eigenvalue weighted by Crippen LogP contribution is 2.54. The number of hydrogen-bond acceptors (Lipinski definition) is 3. The highest BCUT2D eigenvalue weighted by molar-refractivity contribution is 7.86. The molecule has 0 saturated heterocycles. The Morgan fingerprint density at radius 1 is 0.711 bits per heavy atom. The third-order valence-electron chi connectivity index (χ3n) is 5.72. The van der Waals surface area contributed by atoms with E-state index in [0.29, 0.717) is 0 Å². The van der Waals surface area contributed by atoms with Gasteiger partial charge in [0.2, 0.25) is 6.33 Å². The van der Waals surface area contributed by atoms with Crippen molar-refractivity contribution in [3.05, 3.63) is 18.7 Å². The molecule has 1 aromatic rings. The van der Waals surface area contributed by atoms with Gasteiger partial charge in [0.1, 0.15) is 12.4 Å². The van der Waals surface area contributed by atoms with E-state index >= 15 is 0 Å². The van der Waals surface area contributed by atoms with Crippen molar-refractivity contribution in [2.24, 2.45) is 0 Å². The van der Waals surface area contributed by atoms with Crippen molar-refractivity contribution in [1.29, 1.82) is 0 Å². The van der Waals surface area contributed by atoms with E-state index in [9.17, 15) is 52.5 Å². The van der Waals surface area contributed by atoms with Crippen molar-refractivity contribution in [1.82, 2.24) is 4.57 Å². The van der Waals surface area contributed by atoms with Gasteiger partial charge in [-0.05, 0) is 19.3 Å². The molecule has 0 radical (unpaired) electrons. The minimum atomic E-state index is -7.43. The quantitative estimate of drug-likeness (QED) is 0.0817. The predicted octanol–water partition coefficient (Wildman–Crippen LogP) is 7.45. The van der Waals surface area contributed by atoms with Gasteiger partial charge < -0.3 is 4.55 Å². The van der Waals surface area contributed by atoms with Crippen LogP contribution in [0, 0.1) is 0 Å². The number of halogens is 9. The zero-order valence-corrected chi connectivity index (χ0v) is 22.4. The molecule has 1 heterocycles. The summed E-state index contributed by atoms with van der Waals surface area (Å²) in [6.45, 7) is 6.90. The minimum Gasteiger partial charge on any atom is -0.743 e. The average Bonchev–Trinajstić information content (AvgIpc) is 3.25. The van der Waals surface area contributed by atoms with Crippen LogP contribution in [0.25, 0.3) is 0 Å². The maximum atomic E-state index is 12.2. The van der Waals surface area contributed by atoms with E-state index < -0.39 is 33.4 Å². The summed E-state index contributed by atoms with van der Waals surface area (Å²) in [6.07, 6.45) is 16.3. The van der Waals surface area contributed by atoms with Gasteiger partial charge in [-0.1, -0.05) is 71.6 Å². The van der Waals surface area contributed by atoms with Crippen molar-refractivity contribution in [3.63, 3.8) is 0 Å². The molecule has 0 unspecified atom stereocenters. The maximum Gasteiger partial charge on any atom is 0.460 e. The van der Waals surface area contributed by atoms with Crippen LogP contribution in [-0.2, 0) is 23.2 Å². The number of hydrogen-bond donors (Lipinski definition) is 0. The molecule has 15 heteroatoms. The van der Waals surface area contributed by atoms with Gasteiger partial charge >= 0.3 is 23.3 Å². The van der Waals surface area contributed by atoms with Gasteiger partial charge in [0, 0.05) is 0 Å². The molecule has 38 heavy (non-hydrogen) atoms. The second-order valence-electron chi connectivity index (χ2n) is 9.04. The van der Waals surface area contributed by atoms with E-state index in [-0.39, 0.29) is 0 Å². The van der Waals surface area contributed by atoms with Gasteiger partial charge in [0.05, 0.1) is 13.1 Å². The first kappa shape index (κ1) is 36.5. The van der Waals surface area contributed by atoms with Crippen LogP contribution in [0.5, 0.6) is 0 Å². The number of alkyl halides is 9. The zero-order chi connectivity index (χ0) is 29.7. The van der Waals surface area contributed by atoms with Crippen LogP contribution >= 0.6 is 0 Å². The summed E-state index contributed by atoms with van der Waals surface area (Å²) in [5, 5.41) is -7.11. The highest BCUT2D eigenvalue weighted by Gasteiger charge is 2.83. The molecule has 0 saturated carbocycles. The molecule has 5 nitrogen and oxygen atoms in total. The standard InChI is InChI=1S/C19H37N2.C4HF9O3S/c1-3-5-7-8-9-10-11-12-13-14-16-21-18-17-20(19-21)15-6-4-2;5-1(6,3(9,10)11)2(7,8)4(12,13)17(14,15)16/h17-19H,3-16H2,1-2H3;(H,14,15,16)/q+1;/p-1. The molecule has 226 valence electrons. The fraction of sp³-hybridized carbons (Fsp3) is 0.870. The second-order valence-corrected chi connectivity index (χ2v) is 10.5. The molecular weight excluding hydrogens is 555 g/mol. The Bertz CT molecular complexity index is 889. The molecule has 0 aromatic carbocycles. The Labute approximate surface area is 218 Å². The normalized spacial score (nSPS) is 13.4. The zero-order valence-electron chi connectivity index (χ0n) is 21.6. The number of aromatic nitrogens is 2. The lowest BCUT2D eigenvalue weighted by atomic mass is 10.1. The van der Waals surface area contributed by atoms with Gasteiger partial charge in [-0.15, -0.1) is 0 Å². The number of nitrogens with zero attached hydrogens (tertiary/aromatic N) is 2. The van der Waals surface area contributed by atoms with Crippen LogP contribution in [0.2, 0.25) is 0 Å². The maximum absolute atomic E-state index is 12.2. The largest absolute Gasteiger partial charge is 0.743 e. The van der Waals surface area contributed by atoms with Crippen molar-refractivity contribution in [2.45, 2.75) is 127 Å². The van der Waals surface area contributed by atoms with Gasteiger partial charge in [-0.2, -0.15) is 39.5 Å². The molecular formula is C23H37F9N2O3S. The van der Waals surface area contributed by atoms with Crippen LogP contribution in [0.1, 0.15) is 90.9 Å². The molecule has 0 atom stereocenters. The van der Waals surface area contributed by atoms with E-state index in [2.05, 4.69) is 41.7 Å². The third-order valence-corrected chi connectivity index (χ3v) is 6.60. The number of rotatable bonds is 17. The molecule has 0 N–H and O–H groups in total. The van der Waals surface area contributed by atoms with E-state index in [0.717, 1.165) is 0 Å². The van der Waals surface area contributed by atoms with E-state index in [4.69, 9.17) is 0 Å². The Kier molecular flexibility index (Phi) is 15.3. The summed E-state index contributed by atoms with van der Waals surface area (Å²) < 4.78 is 140. The summed E-state index contributed by atoms with van der Waals surface area (Å²) in [6, 6.07) is 0. The first-order valence-electron chi connectivity index (χ1n) is 12.6. The van der Waals surface area contributed by atoms with E-state index in [1.807, 2.05) is 0 Å². The second kappa shape index (κ2) is 15.9. The molecule has 0 fully saturated rings. The van der Waals surface area contributed by atoms with Crippen molar-refractivity contribution < 1.29 is 57.1 Å². The average molecular weight is 593 g/mol. The number of aryl methyl sites for hydroxylation is 2. The Balaban J connectivity index is 0.000000739. The van der Waals surface area contributed by atoms with Crippen LogP contribution < -0.4 is 4.57 Å². The molecule has 0 spiro atoms. The Hall–Kier alpha value is -1.51. The Morgan fingerprint density at radius 3 is 1.58 bits per heavy atom. The number of unbranched alkanes of at least 4 members (excludes halogenated alkanes) is 10. The summed E-state index contributed by atoms with van der Waals surface area (Å²) >= 11 is 0. The van der Waals surface area contributed by atoms with E-state index in [1.165, 1.54) is 90.1 Å². The highest BCUT2D eigenvalue weighted by atomic mass is 32.2. The van der Waals surface area contributed by atoms with Crippen LogP contribution in [-0.4, -0.2) is 40.8 Å². The van der Waals surface area contributed by atoms with Crippen molar-refractivity contribution >= 4 is 10.1 Å². The van der Waals surface area contributed by atoms with E-state index in [1.54, 1.807) is 0 Å². The molecule has 1 aromatic heterocycles. The first-order valence-corrected chi connectivity index (χ1v) is 14.0. The third kappa shape index (κ3) is 10.9. The Morgan fingerprint density at radius 2 is 1.16 bits per heavy atom. The smallest absolute Gasteiger partial charge is 0.460 e. The molecule has 0 aliphatic heterocycles. The summed E-state index contributed by atoms with van der Waals surface area (Å²) in [4.78, 5) is 0. The lowest BCUT2D eigenvalue weighted by Crippen LogP contribution is -2.63. The summed E-state index contributed by atoms with van der Waals surface area (Å²) in [5.74, 6) is -14.8. The van der Waals surface area contributed by atoms with Crippen molar-refractivity contribution in [3.8, 4) is 0 Å². The summed E-state index contributed by atoms with van der Waals surface area (Å²) in [7, 11) is -7.42. The fourth-order valence-electron chi connectivity index (χ4n) is 3.34. The van der Waals surface area contributed by atoms with Crippen molar-refractivity contribution in [2.75, 3.05) is 0 Å². The minimum absolute atomic E-state index is 1.17. The van der Waals surface area contributed by atoms with Crippen LogP contribution in [0.4, 0.5) is 39.5 Å². The fourth-order valence-corrected chi connectivity index (χ4v) is 3.79. The molecule has 1 rings (SSSR count). The van der Waals surface area contributed by atoms with Gasteiger partial charge in [-0.25, -0.2) is 17.6 Å². The molecule has 0 amide bonds. The van der Waals surface area contributed by atoms with Gasteiger partial charge in [0.25, 0.3) is 0 Å². The molecule has 0 aliphatic rings. The monoisotopic (exact) mass is 592 g/mol. The predicted molar refractivity (Wildman–Crippen MR) is 122 cm³/mol. The topological polar surface area (TPSA) is 66.0 Å². The molecule has 0 bridgehead atoms.